The molecule has 0 bridgehead atoms. The Morgan fingerprint density at radius 2 is 1.06 bits per heavy atom. The fourth-order valence-electron chi connectivity index (χ4n) is 2.58. The molecule has 2 aromatic rings. The molecule has 0 radical (unpaired) electrons. The first-order valence-electron chi connectivity index (χ1n) is 9.57. The summed E-state index contributed by atoms with van der Waals surface area (Å²) in [6.07, 6.45) is -0.359. The highest BCUT2D eigenvalue weighted by atomic mass is 35.5. The summed E-state index contributed by atoms with van der Waals surface area (Å²) in [6, 6.07) is 13.9. The second-order valence-electron chi connectivity index (χ2n) is 6.54. The van der Waals surface area contributed by atoms with E-state index >= 15 is 0 Å². The number of methoxy groups -OCH3 is 2. The number of ether oxygens (including phenoxy) is 2. The van der Waals surface area contributed by atoms with Crippen LogP contribution in [0, 0.1) is 52.8 Å². The maximum absolute atomic E-state index is 12.5. The Balaban J connectivity index is 2.22. The van der Waals surface area contributed by atoms with E-state index in [2.05, 4.69) is 47.4 Å². The lowest BCUT2D eigenvalue weighted by atomic mass is 9.81. The van der Waals surface area contributed by atoms with Crippen LogP contribution in [0.2, 0.25) is 10.0 Å². The smallest absolute Gasteiger partial charge is 0.325 e. The Kier molecular flexibility index (Phi) is 9.96. The molecule has 2 aromatic carbocycles. The fraction of sp³-hybridized carbons (Fsp3) is 0.185. The highest BCUT2D eigenvalue weighted by molar-refractivity contribution is 6.30. The summed E-state index contributed by atoms with van der Waals surface area (Å²) >= 11 is 11.7. The van der Waals surface area contributed by atoms with Crippen LogP contribution in [0.15, 0.2) is 48.5 Å². The molecular weight excluding hydrogens is 459 g/mol. The molecule has 0 aliphatic carbocycles. The summed E-state index contributed by atoms with van der Waals surface area (Å²) in [5.41, 5.74) is -0.259. The molecule has 4 nitrogen and oxygen atoms in total. The first kappa shape index (κ1) is 25.5. The molecule has 2 rings (SSSR count). The summed E-state index contributed by atoms with van der Waals surface area (Å²) in [5, 5.41) is 1.21. The van der Waals surface area contributed by atoms with Crippen molar-refractivity contribution in [1.29, 1.82) is 0 Å². The highest BCUT2D eigenvalue weighted by Crippen LogP contribution is 2.29. The number of benzene rings is 2. The molecule has 0 heterocycles. The van der Waals surface area contributed by atoms with Gasteiger partial charge in [-0.15, -0.1) is 0 Å². The molecule has 33 heavy (non-hydrogen) atoms. The van der Waals surface area contributed by atoms with E-state index in [0.29, 0.717) is 10.0 Å². The van der Waals surface area contributed by atoms with E-state index in [0.717, 1.165) is 11.1 Å². The Bertz CT molecular complexity index is 1150. The number of carbonyl (C=O) groups excluding carboxylic acids is 2. The Morgan fingerprint density at radius 1 is 0.697 bits per heavy atom. The van der Waals surface area contributed by atoms with Crippen molar-refractivity contribution in [2.75, 3.05) is 14.2 Å². The average molecular weight is 477 g/mol. The summed E-state index contributed by atoms with van der Waals surface area (Å²) in [7, 11) is 2.36. The number of hydrogen-bond donors (Lipinski definition) is 0. The molecule has 0 saturated carbocycles. The molecule has 0 N–H and O–H groups in total. The van der Waals surface area contributed by atoms with Gasteiger partial charge in [0, 0.05) is 34.0 Å². The third-order valence-corrected chi connectivity index (χ3v) is 4.84. The molecule has 0 fully saturated rings. The molecule has 0 atom stereocenters. The van der Waals surface area contributed by atoms with Crippen molar-refractivity contribution in [2.24, 2.45) is 5.41 Å². The van der Waals surface area contributed by atoms with Gasteiger partial charge in [0.15, 0.2) is 5.41 Å². The molecule has 0 aromatic heterocycles. The minimum Gasteiger partial charge on any atom is -0.468 e. The van der Waals surface area contributed by atoms with Gasteiger partial charge in [-0.1, -0.05) is 46.9 Å². The Morgan fingerprint density at radius 3 is 1.39 bits per heavy atom. The molecule has 164 valence electrons. The predicted octanol–water partition coefficient (Wildman–Crippen LogP) is 4.52. The van der Waals surface area contributed by atoms with Crippen molar-refractivity contribution in [2.45, 2.75) is 12.8 Å². The number of esters is 2. The quantitative estimate of drug-likeness (QED) is 0.369. The zero-order valence-electron chi connectivity index (χ0n) is 17.9. The van der Waals surface area contributed by atoms with Crippen LogP contribution in [0.5, 0.6) is 0 Å². The fourth-order valence-corrected chi connectivity index (χ4v) is 2.83. The first-order chi connectivity index (χ1) is 15.9. The van der Waals surface area contributed by atoms with Crippen LogP contribution < -0.4 is 0 Å². The van der Waals surface area contributed by atoms with E-state index in [9.17, 15) is 9.59 Å². The van der Waals surface area contributed by atoms with Crippen LogP contribution in [0.25, 0.3) is 0 Å². The average Bonchev–Trinajstić information content (AvgIpc) is 2.83. The van der Waals surface area contributed by atoms with Crippen molar-refractivity contribution in [1.82, 2.24) is 0 Å². The van der Waals surface area contributed by atoms with Crippen LogP contribution in [0.4, 0.5) is 0 Å². The summed E-state index contributed by atoms with van der Waals surface area (Å²) in [6.45, 7) is 0. The number of hydrogen-bond acceptors (Lipinski definition) is 4. The molecule has 0 spiro atoms. The Labute approximate surface area is 203 Å². The third-order valence-electron chi connectivity index (χ3n) is 4.34. The van der Waals surface area contributed by atoms with Gasteiger partial charge in [-0.25, -0.2) is 0 Å². The summed E-state index contributed by atoms with van der Waals surface area (Å²) in [4.78, 5) is 25.0. The topological polar surface area (TPSA) is 52.6 Å². The molecule has 0 saturated heterocycles. The zero-order chi connectivity index (χ0) is 24.1. The molecular formula is C27H18Cl2O4. The van der Waals surface area contributed by atoms with Gasteiger partial charge >= 0.3 is 11.9 Å². The van der Waals surface area contributed by atoms with E-state index in [1.54, 1.807) is 48.5 Å². The zero-order valence-corrected chi connectivity index (χ0v) is 19.4. The maximum Gasteiger partial charge on any atom is 0.325 e. The number of halogens is 2. The third kappa shape index (κ3) is 7.68. The van der Waals surface area contributed by atoms with Gasteiger partial charge in [0.05, 0.1) is 14.2 Å². The van der Waals surface area contributed by atoms with Gasteiger partial charge in [-0.05, 0) is 72.2 Å². The SMILES string of the molecule is COC(=O)C(CC#CC#Cc1ccc(Cl)cc1)(CC#CC#Cc1ccc(Cl)cc1)C(=O)OC. The van der Waals surface area contributed by atoms with E-state index in [-0.39, 0.29) is 12.8 Å². The van der Waals surface area contributed by atoms with Crippen molar-refractivity contribution in [3.05, 3.63) is 69.7 Å². The lowest BCUT2D eigenvalue weighted by Gasteiger charge is -2.23. The van der Waals surface area contributed by atoms with Gasteiger partial charge in [0.25, 0.3) is 0 Å². The van der Waals surface area contributed by atoms with Crippen LogP contribution >= 0.6 is 23.2 Å². The van der Waals surface area contributed by atoms with E-state index < -0.39 is 17.4 Å². The van der Waals surface area contributed by atoms with Gasteiger partial charge in [-0.3, -0.25) is 9.59 Å². The lowest BCUT2D eigenvalue weighted by molar-refractivity contribution is -0.168. The predicted molar refractivity (Wildman–Crippen MR) is 128 cm³/mol. The molecule has 0 aliphatic heterocycles. The second-order valence-corrected chi connectivity index (χ2v) is 7.41. The van der Waals surface area contributed by atoms with Crippen molar-refractivity contribution in [3.63, 3.8) is 0 Å². The van der Waals surface area contributed by atoms with Crippen molar-refractivity contribution < 1.29 is 19.1 Å². The van der Waals surface area contributed by atoms with Crippen LogP contribution in [-0.4, -0.2) is 26.2 Å². The van der Waals surface area contributed by atoms with Crippen LogP contribution in [-0.2, 0) is 19.1 Å². The van der Waals surface area contributed by atoms with Crippen LogP contribution in [0.3, 0.4) is 0 Å². The molecule has 0 unspecified atom stereocenters. The monoisotopic (exact) mass is 476 g/mol. The van der Waals surface area contributed by atoms with Gasteiger partial charge in [0.1, 0.15) is 0 Å². The summed E-state index contributed by atoms with van der Waals surface area (Å²) < 4.78 is 9.68. The maximum atomic E-state index is 12.5. The minimum atomic E-state index is -1.71. The molecule has 0 amide bonds. The standard InChI is InChI=1S/C27H18Cl2O4/c1-32-25(30)27(26(31)33-2,19-7-3-5-9-21-11-15-23(28)16-12-21)20-8-4-6-10-22-13-17-24(29)18-14-22/h11-18H,19-20H2,1-2H3. The summed E-state index contributed by atoms with van der Waals surface area (Å²) in [5.74, 6) is 20.2. The van der Waals surface area contributed by atoms with E-state index in [4.69, 9.17) is 32.7 Å². The molecule has 0 aliphatic rings. The Hall–Kier alpha value is -3.80. The van der Waals surface area contributed by atoms with Gasteiger partial charge < -0.3 is 9.47 Å². The first-order valence-corrected chi connectivity index (χ1v) is 10.3. The minimum absolute atomic E-state index is 0.180. The normalized spacial score (nSPS) is 9.33. The van der Waals surface area contributed by atoms with Gasteiger partial charge in [0.2, 0.25) is 0 Å². The van der Waals surface area contributed by atoms with Crippen molar-refractivity contribution in [3.8, 4) is 47.4 Å². The number of rotatable bonds is 4. The van der Waals surface area contributed by atoms with E-state index in [1.807, 2.05) is 0 Å². The number of carbonyl (C=O) groups is 2. The highest BCUT2D eigenvalue weighted by Gasteiger charge is 2.47. The van der Waals surface area contributed by atoms with Crippen molar-refractivity contribution >= 4 is 35.1 Å². The van der Waals surface area contributed by atoms with Crippen LogP contribution in [0.1, 0.15) is 24.0 Å². The largest absolute Gasteiger partial charge is 0.468 e. The van der Waals surface area contributed by atoms with Gasteiger partial charge in [-0.2, -0.15) is 0 Å². The molecule has 6 heteroatoms. The van der Waals surface area contributed by atoms with E-state index in [1.165, 1.54) is 14.2 Å². The lowest BCUT2D eigenvalue weighted by Crippen LogP contribution is -2.40. The second kappa shape index (κ2) is 12.9.